The maximum Gasteiger partial charge on any atom is 0.434 e. The number of rotatable bonds is 5. The molecule has 0 bridgehead atoms. The van der Waals surface area contributed by atoms with E-state index in [0.29, 0.717) is 0 Å². The molecule has 1 atom stereocenters. The van der Waals surface area contributed by atoms with Gasteiger partial charge >= 0.3 is 5.76 Å². The molecule has 11 heteroatoms. The Morgan fingerprint density at radius 3 is 2.60 bits per heavy atom. The Hall–Kier alpha value is -1.98. The third-order valence-corrected chi connectivity index (χ3v) is 4.62. The minimum atomic E-state index is -2.38. The molecule has 1 saturated carbocycles. The van der Waals surface area contributed by atoms with Gasteiger partial charge in [0.2, 0.25) is 17.2 Å². The van der Waals surface area contributed by atoms with Gasteiger partial charge in [0.25, 0.3) is 0 Å². The molecule has 25 heavy (non-hydrogen) atoms. The van der Waals surface area contributed by atoms with Crippen LogP contribution in [0.25, 0.3) is 0 Å². The van der Waals surface area contributed by atoms with Crippen molar-refractivity contribution in [2.45, 2.75) is 37.4 Å². The molecule has 3 N–H and O–H groups in total. The van der Waals surface area contributed by atoms with E-state index in [1.54, 1.807) is 0 Å². The Kier molecular flexibility index (Phi) is 4.33. The largest absolute Gasteiger partial charge is 0.434 e. The fraction of sp³-hybridized carbons (Fsp3) is 0.429. The van der Waals surface area contributed by atoms with Crippen LogP contribution in [-0.4, -0.2) is 24.6 Å². The van der Waals surface area contributed by atoms with Crippen molar-refractivity contribution in [2.24, 2.45) is 0 Å². The van der Waals surface area contributed by atoms with Gasteiger partial charge in [0.15, 0.2) is 0 Å². The minimum Gasteiger partial charge on any atom is -0.391 e. The third-order valence-electron chi connectivity index (χ3n) is 4.23. The normalized spacial score (nSPS) is 27.1. The highest BCUT2D eigenvalue weighted by molar-refractivity contribution is 7.77. The molecule has 1 heterocycles. The van der Waals surface area contributed by atoms with Crippen molar-refractivity contribution >= 4 is 11.3 Å². The van der Waals surface area contributed by atoms with Crippen molar-refractivity contribution in [3.63, 3.8) is 0 Å². The summed E-state index contributed by atoms with van der Waals surface area (Å²) < 4.78 is 69.2. The first-order valence-electron chi connectivity index (χ1n) is 7.21. The van der Waals surface area contributed by atoms with Crippen LogP contribution in [0, 0.1) is 11.6 Å². The second kappa shape index (κ2) is 6.07. The summed E-state index contributed by atoms with van der Waals surface area (Å²) in [4.78, 5) is 11.2. The highest BCUT2D eigenvalue weighted by Gasteiger charge is 2.59. The van der Waals surface area contributed by atoms with Crippen molar-refractivity contribution in [3.05, 3.63) is 51.3 Å². The van der Waals surface area contributed by atoms with Crippen LogP contribution in [-0.2, 0) is 23.2 Å². The Balaban J connectivity index is 2.04. The van der Waals surface area contributed by atoms with E-state index in [2.05, 4.69) is 5.10 Å². The van der Waals surface area contributed by atoms with Crippen LogP contribution in [0.2, 0.25) is 0 Å². The average molecular weight is 377 g/mol. The van der Waals surface area contributed by atoms with Crippen LogP contribution >= 0.6 is 0 Å². The molecule has 1 aromatic carbocycles. The molecule has 1 unspecified atom stereocenters. The molecule has 136 valence electrons. The highest BCUT2D eigenvalue weighted by Crippen LogP contribution is 2.56. The second-order valence-electron chi connectivity index (χ2n) is 6.26. The van der Waals surface area contributed by atoms with Crippen molar-refractivity contribution in [2.75, 3.05) is 0 Å². The number of H-pyrrole nitrogens is 1. The van der Waals surface area contributed by atoms with Gasteiger partial charge in [-0.15, -0.1) is 5.10 Å². The lowest BCUT2D eigenvalue weighted by Gasteiger charge is -2.48. The first-order valence-corrected chi connectivity index (χ1v) is 8.31. The number of hydrogen-bond donors (Lipinski definition) is 3. The maximum absolute atomic E-state index is 14.6. The molecule has 0 amide bonds. The molecule has 2 aromatic rings. The minimum absolute atomic E-state index is 0.176. The van der Waals surface area contributed by atoms with Gasteiger partial charge in [0, 0.05) is 17.7 Å². The van der Waals surface area contributed by atoms with Gasteiger partial charge in [-0.3, -0.25) is 4.55 Å². The van der Waals surface area contributed by atoms with E-state index in [-0.39, 0.29) is 36.4 Å². The van der Waals surface area contributed by atoms with E-state index in [0.717, 1.165) is 12.1 Å². The molecule has 3 rings (SSSR count). The van der Waals surface area contributed by atoms with Crippen LogP contribution in [0.4, 0.5) is 13.2 Å². The SMILES string of the molecule is CC1(F)CC(c2n[nH]c(=O)o2)(c2cc(F)c(CNS(=O)O)cc2F)C1. The lowest BCUT2D eigenvalue weighted by atomic mass is 9.57. The topological polar surface area (TPSA) is 108 Å². The van der Waals surface area contributed by atoms with E-state index >= 15 is 0 Å². The van der Waals surface area contributed by atoms with Crippen LogP contribution in [0.5, 0.6) is 0 Å². The first-order chi connectivity index (χ1) is 11.6. The van der Waals surface area contributed by atoms with Gasteiger partial charge in [0.1, 0.15) is 17.3 Å². The molecular weight excluding hydrogens is 363 g/mol. The monoisotopic (exact) mass is 377 g/mol. The Bertz CT molecular complexity index is 888. The summed E-state index contributed by atoms with van der Waals surface area (Å²) in [5, 5.41) is 5.69. The Morgan fingerprint density at radius 1 is 1.40 bits per heavy atom. The Labute approximate surface area is 142 Å². The molecule has 7 nitrogen and oxygen atoms in total. The van der Waals surface area contributed by atoms with Gasteiger partial charge in [-0.05, 0) is 31.9 Å². The number of alkyl halides is 1. The summed E-state index contributed by atoms with van der Waals surface area (Å²) in [6, 6.07) is 1.72. The highest BCUT2D eigenvalue weighted by atomic mass is 32.2. The van der Waals surface area contributed by atoms with Gasteiger partial charge in [-0.1, -0.05) is 0 Å². The van der Waals surface area contributed by atoms with Gasteiger partial charge in [0.05, 0.1) is 5.41 Å². The quantitative estimate of drug-likeness (QED) is 0.687. The van der Waals surface area contributed by atoms with E-state index in [9.17, 15) is 22.2 Å². The van der Waals surface area contributed by atoms with Crippen molar-refractivity contribution in [1.29, 1.82) is 0 Å². The maximum atomic E-state index is 14.6. The molecule has 1 aromatic heterocycles. The van der Waals surface area contributed by atoms with E-state index in [1.165, 1.54) is 6.92 Å². The number of halogens is 3. The van der Waals surface area contributed by atoms with E-state index in [4.69, 9.17) is 8.97 Å². The van der Waals surface area contributed by atoms with Gasteiger partial charge < -0.3 is 4.42 Å². The van der Waals surface area contributed by atoms with Crippen LogP contribution in [0.15, 0.2) is 21.3 Å². The summed E-state index contributed by atoms with van der Waals surface area (Å²) in [6.45, 7) is 0.927. The molecule has 0 spiro atoms. The number of aromatic nitrogens is 2. The summed E-state index contributed by atoms with van der Waals surface area (Å²) in [5.41, 5.74) is -3.41. The van der Waals surface area contributed by atoms with Gasteiger partial charge in [-0.2, -0.15) is 0 Å². The zero-order valence-corrected chi connectivity index (χ0v) is 13.8. The Morgan fingerprint density at radius 2 is 2.08 bits per heavy atom. The van der Waals surface area contributed by atoms with Crippen LogP contribution in [0.3, 0.4) is 0 Å². The molecule has 0 saturated heterocycles. The number of hydrogen-bond acceptors (Lipinski definition) is 4. The second-order valence-corrected chi connectivity index (χ2v) is 7.05. The zero-order chi connectivity index (χ0) is 18.4. The molecule has 1 fully saturated rings. The smallest absolute Gasteiger partial charge is 0.391 e. The molecule has 0 aliphatic heterocycles. The van der Waals surface area contributed by atoms with Crippen LogP contribution < -0.4 is 10.5 Å². The predicted octanol–water partition coefficient (Wildman–Crippen LogP) is 1.68. The summed E-state index contributed by atoms with van der Waals surface area (Å²) in [5.74, 6) is -2.80. The average Bonchev–Trinajstić information content (AvgIpc) is 2.91. The molecular formula is C14H14F3N3O4S. The van der Waals surface area contributed by atoms with Gasteiger partial charge in [-0.25, -0.2) is 32.0 Å². The standard InChI is InChI=1S/C14H14F3N3O4S/c1-13(17)5-14(6-13,11-19-20-12(21)24-11)8-3-9(15)7(2-10(8)16)4-18-25(22)23/h2-3,18H,4-6H2,1H3,(H,20,21)(H,22,23). The number of nitrogens with zero attached hydrogens (tertiary/aromatic N) is 1. The number of benzene rings is 1. The predicted molar refractivity (Wildman–Crippen MR) is 80.6 cm³/mol. The first kappa shape index (κ1) is 17.8. The fourth-order valence-corrected chi connectivity index (χ4v) is 3.61. The molecule has 0 radical (unpaired) electrons. The summed E-state index contributed by atoms with van der Waals surface area (Å²) in [7, 11) is 0. The number of aromatic amines is 1. The lowest BCUT2D eigenvalue weighted by Crippen LogP contribution is -2.51. The van der Waals surface area contributed by atoms with E-state index < -0.39 is 39.7 Å². The molecule has 1 aliphatic carbocycles. The van der Waals surface area contributed by atoms with E-state index in [1.807, 2.05) is 9.82 Å². The third kappa shape index (κ3) is 3.26. The van der Waals surface area contributed by atoms with Crippen molar-refractivity contribution in [3.8, 4) is 0 Å². The fourth-order valence-electron chi connectivity index (χ4n) is 3.33. The molecule has 1 aliphatic rings. The number of nitrogens with one attached hydrogen (secondary N) is 2. The van der Waals surface area contributed by atoms with Crippen molar-refractivity contribution in [1.82, 2.24) is 14.9 Å². The zero-order valence-electron chi connectivity index (χ0n) is 12.9. The summed E-state index contributed by atoms with van der Waals surface area (Å²) in [6.07, 6.45) is -0.467. The summed E-state index contributed by atoms with van der Waals surface area (Å²) >= 11 is -2.38. The van der Waals surface area contributed by atoms with Crippen molar-refractivity contribution < 1.29 is 26.4 Å². The lowest BCUT2D eigenvalue weighted by molar-refractivity contribution is 0.00386. The van der Waals surface area contributed by atoms with Crippen LogP contribution in [0.1, 0.15) is 36.8 Å².